The topological polar surface area (TPSA) is 33.0 Å². The fraction of sp³-hybridized carbons (Fsp3) is 0.923. The van der Waals surface area contributed by atoms with Gasteiger partial charge in [-0.15, -0.1) is 0 Å². The van der Waals surface area contributed by atoms with Gasteiger partial charge in [0.15, 0.2) is 0 Å². The van der Waals surface area contributed by atoms with Gasteiger partial charge in [0, 0.05) is 11.8 Å². The fourth-order valence-corrected chi connectivity index (χ4v) is 2.53. The van der Waals surface area contributed by atoms with E-state index in [0.29, 0.717) is 12.5 Å². The van der Waals surface area contributed by atoms with Gasteiger partial charge in [0.2, 0.25) is 0 Å². The van der Waals surface area contributed by atoms with Gasteiger partial charge in [-0.1, -0.05) is 19.8 Å². The van der Waals surface area contributed by atoms with Crippen molar-refractivity contribution in [1.82, 2.24) is 0 Å². The van der Waals surface area contributed by atoms with Crippen LogP contribution in [0.1, 0.15) is 51.9 Å². The summed E-state index contributed by atoms with van der Waals surface area (Å²) in [6, 6.07) is 2.29. The third kappa shape index (κ3) is 2.72. The lowest BCUT2D eigenvalue weighted by molar-refractivity contribution is -0.0261. The second-order valence-electron chi connectivity index (χ2n) is 5.45. The van der Waals surface area contributed by atoms with E-state index >= 15 is 0 Å². The van der Waals surface area contributed by atoms with Crippen molar-refractivity contribution in [2.75, 3.05) is 6.61 Å². The quantitative estimate of drug-likeness (QED) is 0.708. The van der Waals surface area contributed by atoms with Crippen LogP contribution in [0.15, 0.2) is 0 Å². The number of nitriles is 1. The molecule has 0 bridgehead atoms. The Morgan fingerprint density at radius 2 is 2.07 bits per heavy atom. The first kappa shape index (κ1) is 11.0. The van der Waals surface area contributed by atoms with Crippen LogP contribution in [0.25, 0.3) is 0 Å². The highest BCUT2D eigenvalue weighted by atomic mass is 16.5. The van der Waals surface area contributed by atoms with E-state index in [9.17, 15) is 0 Å². The zero-order chi connectivity index (χ0) is 10.7. The van der Waals surface area contributed by atoms with Crippen LogP contribution in [-0.2, 0) is 4.74 Å². The molecule has 0 N–H and O–H groups in total. The Morgan fingerprint density at radius 3 is 2.67 bits per heavy atom. The molecule has 2 heteroatoms. The molecular formula is C13H21NO. The molecule has 0 aromatic carbocycles. The molecule has 0 amide bonds. The van der Waals surface area contributed by atoms with Crippen LogP contribution in [0, 0.1) is 22.7 Å². The molecule has 2 aliphatic rings. The maximum absolute atomic E-state index is 8.73. The summed E-state index contributed by atoms with van der Waals surface area (Å²) in [5.41, 5.74) is 0.256. The number of rotatable bonds is 4. The highest BCUT2D eigenvalue weighted by Crippen LogP contribution is 2.49. The lowest BCUT2D eigenvalue weighted by Gasteiger charge is -2.30. The van der Waals surface area contributed by atoms with E-state index in [2.05, 4.69) is 13.0 Å². The summed E-state index contributed by atoms with van der Waals surface area (Å²) in [6.07, 6.45) is 8.77. The molecule has 2 saturated carbocycles. The number of hydrogen-bond donors (Lipinski definition) is 0. The monoisotopic (exact) mass is 207 g/mol. The van der Waals surface area contributed by atoms with Crippen LogP contribution in [-0.4, -0.2) is 12.7 Å². The van der Waals surface area contributed by atoms with E-state index in [1.165, 1.54) is 38.5 Å². The number of hydrogen-bond acceptors (Lipinski definition) is 2. The normalized spacial score (nSPS) is 33.3. The molecule has 2 unspecified atom stereocenters. The maximum Gasteiger partial charge on any atom is 0.0628 e. The summed E-state index contributed by atoms with van der Waals surface area (Å²) >= 11 is 0. The van der Waals surface area contributed by atoms with Crippen LogP contribution in [0.3, 0.4) is 0 Å². The Morgan fingerprint density at radius 1 is 1.33 bits per heavy atom. The summed E-state index contributed by atoms with van der Waals surface area (Å²) in [5.74, 6) is 0.719. The minimum Gasteiger partial charge on any atom is -0.377 e. The van der Waals surface area contributed by atoms with Crippen molar-refractivity contribution in [3.63, 3.8) is 0 Å². The van der Waals surface area contributed by atoms with Gasteiger partial charge < -0.3 is 4.74 Å². The van der Waals surface area contributed by atoms with E-state index < -0.39 is 0 Å². The first-order chi connectivity index (χ1) is 7.26. The van der Waals surface area contributed by atoms with Crippen LogP contribution < -0.4 is 0 Å². The van der Waals surface area contributed by atoms with Crippen LogP contribution in [0.4, 0.5) is 0 Å². The van der Waals surface area contributed by atoms with Crippen LogP contribution in [0.5, 0.6) is 0 Å². The molecule has 2 nitrogen and oxygen atoms in total. The molecule has 2 rings (SSSR count). The average molecular weight is 207 g/mol. The van der Waals surface area contributed by atoms with Crippen LogP contribution >= 0.6 is 0 Å². The fourth-order valence-electron chi connectivity index (χ4n) is 2.53. The second kappa shape index (κ2) is 4.53. The first-order valence-corrected chi connectivity index (χ1v) is 6.24. The molecule has 2 atom stereocenters. The minimum absolute atomic E-state index is 0.256. The van der Waals surface area contributed by atoms with Crippen molar-refractivity contribution in [1.29, 1.82) is 5.26 Å². The van der Waals surface area contributed by atoms with E-state index in [1.807, 2.05) is 0 Å². The van der Waals surface area contributed by atoms with Crippen LogP contribution in [0.2, 0.25) is 0 Å². The van der Waals surface area contributed by atoms with E-state index in [1.54, 1.807) is 0 Å². The summed E-state index contributed by atoms with van der Waals surface area (Å²) in [7, 11) is 0. The van der Waals surface area contributed by atoms with Crippen molar-refractivity contribution in [3.8, 4) is 6.07 Å². The highest BCUT2D eigenvalue weighted by Gasteiger charge is 2.43. The van der Waals surface area contributed by atoms with Gasteiger partial charge in [-0.3, -0.25) is 0 Å². The average Bonchev–Trinajstić information content (AvgIpc) is 2.98. The van der Waals surface area contributed by atoms with Crippen molar-refractivity contribution in [3.05, 3.63) is 0 Å². The molecule has 0 radical (unpaired) electrons. The lowest BCUT2D eigenvalue weighted by atomic mass is 9.88. The standard InChI is InChI=1S/C13H21NO/c1-11-4-2-3-5-12(11)15-10-13(6-7-13)8-9-14/h11-12H,2-8,10H2,1H3. The highest BCUT2D eigenvalue weighted by molar-refractivity contribution is 4.99. The summed E-state index contributed by atoms with van der Waals surface area (Å²) in [6.45, 7) is 3.13. The molecule has 0 aromatic heterocycles. The van der Waals surface area contributed by atoms with Gasteiger partial charge in [-0.2, -0.15) is 5.26 Å². The summed E-state index contributed by atoms with van der Waals surface area (Å²) < 4.78 is 6.02. The van der Waals surface area contributed by atoms with Gasteiger partial charge in [0.25, 0.3) is 0 Å². The molecule has 0 spiro atoms. The summed E-state index contributed by atoms with van der Waals surface area (Å²) in [4.78, 5) is 0. The van der Waals surface area contributed by atoms with E-state index in [0.717, 1.165) is 12.5 Å². The smallest absolute Gasteiger partial charge is 0.0628 e. The van der Waals surface area contributed by atoms with Gasteiger partial charge in [-0.25, -0.2) is 0 Å². The SMILES string of the molecule is CC1CCCCC1OCC1(CC#N)CC1. The maximum atomic E-state index is 8.73. The molecule has 0 heterocycles. The first-order valence-electron chi connectivity index (χ1n) is 6.24. The van der Waals surface area contributed by atoms with Gasteiger partial charge in [-0.05, 0) is 31.6 Å². The van der Waals surface area contributed by atoms with E-state index in [-0.39, 0.29) is 5.41 Å². The molecule has 15 heavy (non-hydrogen) atoms. The second-order valence-corrected chi connectivity index (χ2v) is 5.45. The minimum atomic E-state index is 0.256. The molecule has 2 aliphatic carbocycles. The van der Waals surface area contributed by atoms with Gasteiger partial charge in [0.1, 0.15) is 0 Å². The molecule has 2 fully saturated rings. The van der Waals surface area contributed by atoms with Crippen molar-refractivity contribution < 1.29 is 4.74 Å². The van der Waals surface area contributed by atoms with Crippen molar-refractivity contribution >= 4 is 0 Å². The molecule has 0 saturated heterocycles. The Labute approximate surface area is 92.6 Å². The molecule has 84 valence electrons. The lowest BCUT2D eigenvalue weighted by Crippen LogP contribution is -2.28. The largest absolute Gasteiger partial charge is 0.377 e. The Bertz CT molecular complexity index is 252. The Balaban J connectivity index is 1.75. The zero-order valence-corrected chi connectivity index (χ0v) is 9.67. The zero-order valence-electron chi connectivity index (χ0n) is 9.67. The number of ether oxygens (including phenoxy) is 1. The molecule has 0 aliphatic heterocycles. The third-order valence-corrected chi connectivity index (χ3v) is 4.05. The Hall–Kier alpha value is -0.550. The van der Waals surface area contributed by atoms with Gasteiger partial charge in [0.05, 0.1) is 18.8 Å². The molecule has 0 aromatic rings. The predicted molar refractivity (Wildman–Crippen MR) is 59.3 cm³/mol. The Kier molecular flexibility index (Phi) is 3.31. The summed E-state index contributed by atoms with van der Waals surface area (Å²) in [5, 5.41) is 8.73. The molecular weight excluding hydrogens is 186 g/mol. The number of nitrogens with zero attached hydrogens (tertiary/aromatic N) is 1. The third-order valence-electron chi connectivity index (χ3n) is 4.05. The van der Waals surface area contributed by atoms with Crippen molar-refractivity contribution in [2.45, 2.75) is 58.0 Å². The predicted octanol–water partition coefficient (Wildman–Crippen LogP) is 3.28. The van der Waals surface area contributed by atoms with Gasteiger partial charge >= 0.3 is 0 Å². The van der Waals surface area contributed by atoms with Crippen molar-refractivity contribution in [2.24, 2.45) is 11.3 Å². The van der Waals surface area contributed by atoms with E-state index in [4.69, 9.17) is 10.00 Å².